The van der Waals surface area contributed by atoms with Crippen LogP contribution in [-0.2, 0) is 14.3 Å². The van der Waals surface area contributed by atoms with E-state index in [1.807, 2.05) is 0 Å². The van der Waals surface area contributed by atoms with Crippen LogP contribution in [0.25, 0.3) is 0 Å². The van der Waals surface area contributed by atoms with Gasteiger partial charge in [-0.15, -0.1) is 22.0 Å². The summed E-state index contributed by atoms with van der Waals surface area (Å²) in [6.45, 7) is 2.84. The van der Waals surface area contributed by atoms with Crippen molar-refractivity contribution in [3.05, 3.63) is 12.1 Å². The van der Waals surface area contributed by atoms with Crippen molar-refractivity contribution in [1.82, 2.24) is 15.5 Å². The zero-order chi connectivity index (χ0) is 16.5. The van der Waals surface area contributed by atoms with Gasteiger partial charge < -0.3 is 15.4 Å². The molecule has 2 N–H and O–H groups in total. The molecule has 0 radical (unpaired) electrons. The van der Waals surface area contributed by atoms with Crippen molar-refractivity contribution in [3.63, 3.8) is 0 Å². The second-order valence-corrected chi connectivity index (χ2v) is 6.44. The summed E-state index contributed by atoms with van der Waals surface area (Å²) in [4.78, 5) is 22.6. The molecule has 0 aliphatic carbocycles. The largest absolute Gasteiger partial charge is 0.376 e. The van der Waals surface area contributed by atoms with Gasteiger partial charge in [-0.3, -0.25) is 9.59 Å². The minimum atomic E-state index is -0.172. The lowest BCUT2D eigenvalue weighted by Crippen LogP contribution is -2.31. The van der Waals surface area contributed by atoms with E-state index in [9.17, 15) is 9.59 Å². The van der Waals surface area contributed by atoms with E-state index in [2.05, 4.69) is 20.8 Å². The first-order valence-corrected chi connectivity index (χ1v) is 8.74. The number of ether oxygens (including phenoxy) is 1. The molecular weight excluding hydrogens is 316 g/mol. The molecule has 7 nitrogen and oxygen atoms in total. The summed E-state index contributed by atoms with van der Waals surface area (Å²) in [6.07, 6.45) is 3.57. The molecule has 0 unspecified atom stereocenters. The minimum absolute atomic E-state index is 0.0631. The van der Waals surface area contributed by atoms with Crippen LogP contribution in [0.4, 0.5) is 5.82 Å². The molecule has 1 fully saturated rings. The average Bonchev–Trinajstić information content (AvgIpc) is 3.04. The van der Waals surface area contributed by atoms with Crippen LogP contribution in [0.1, 0.15) is 32.6 Å². The van der Waals surface area contributed by atoms with E-state index in [-0.39, 0.29) is 17.9 Å². The molecule has 23 heavy (non-hydrogen) atoms. The molecule has 2 rings (SSSR count). The van der Waals surface area contributed by atoms with Gasteiger partial charge in [0.25, 0.3) is 0 Å². The molecule has 1 atom stereocenters. The maximum Gasteiger partial charge on any atom is 0.222 e. The molecule has 1 aromatic rings. The Morgan fingerprint density at radius 3 is 2.91 bits per heavy atom. The van der Waals surface area contributed by atoms with Crippen LogP contribution in [0.5, 0.6) is 0 Å². The van der Waals surface area contributed by atoms with Crippen LogP contribution >= 0.6 is 11.8 Å². The van der Waals surface area contributed by atoms with Gasteiger partial charge in [-0.1, -0.05) is 0 Å². The molecule has 0 aromatic carbocycles. The van der Waals surface area contributed by atoms with Crippen LogP contribution < -0.4 is 10.6 Å². The zero-order valence-corrected chi connectivity index (χ0v) is 14.0. The molecule has 0 spiro atoms. The molecule has 1 aliphatic rings. The van der Waals surface area contributed by atoms with Crippen molar-refractivity contribution in [2.24, 2.45) is 0 Å². The third-order valence-corrected chi connectivity index (χ3v) is 4.30. The topological polar surface area (TPSA) is 93.2 Å². The summed E-state index contributed by atoms with van der Waals surface area (Å²) >= 11 is 1.54. The highest BCUT2D eigenvalue weighted by Crippen LogP contribution is 2.17. The fourth-order valence-corrected chi connectivity index (χ4v) is 2.94. The van der Waals surface area contributed by atoms with Gasteiger partial charge in [-0.25, -0.2) is 0 Å². The monoisotopic (exact) mass is 338 g/mol. The Morgan fingerprint density at radius 2 is 2.26 bits per heavy atom. The zero-order valence-electron chi connectivity index (χ0n) is 13.2. The number of carbonyl (C=O) groups is 2. The molecular formula is C15H22N4O3S. The molecule has 1 aliphatic heterocycles. The van der Waals surface area contributed by atoms with Crippen molar-refractivity contribution in [2.45, 2.75) is 43.7 Å². The van der Waals surface area contributed by atoms with Crippen molar-refractivity contribution < 1.29 is 14.3 Å². The third kappa shape index (κ3) is 6.96. The molecule has 2 heterocycles. The summed E-state index contributed by atoms with van der Waals surface area (Å²) < 4.78 is 5.46. The van der Waals surface area contributed by atoms with Gasteiger partial charge in [0, 0.05) is 32.2 Å². The molecule has 8 heteroatoms. The Hall–Kier alpha value is -1.67. The summed E-state index contributed by atoms with van der Waals surface area (Å²) in [6, 6.07) is 3.52. The standard InChI is InChI=1S/C15H22N4O3S/c1-11(20)17-13-6-7-15(19-18-13)23-9-3-5-14(21)16-10-12-4-2-8-22-12/h6-7,12H,2-5,8-10H2,1H3,(H,16,21)(H,17,18,20)/t12-/m1/s1. The lowest BCUT2D eigenvalue weighted by Gasteiger charge is -2.10. The fourth-order valence-electron chi connectivity index (χ4n) is 2.17. The Bertz CT molecular complexity index is 518. The Kier molecular flexibility index (Phi) is 7.28. The fraction of sp³-hybridized carbons (Fsp3) is 0.600. The Morgan fingerprint density at radius 1 is 1.39 bits per heavy atom. The summed E-state index contributed by atoms with van der Waals surface area (Å²) in [5.41, 5.74) is 0. The predicted molar refractivity (Wildman–Crippen MR) is 88.3 cm³/mol. The van der Waals surface area contributed by atoms with Gasteiger partial charge >= 0.3 is 0 Å². The SMILES string of the molecule is CC(=O)Nc1ccc(SCCCC(=O)NC[C@H]2CCCO2)nn1. The van der Waals surface area contributed by atoms with Crippen molar-refractivity contribution in [1.29, 1.82) is 0 Å². The number of nitrogens with one attached hydrogen (secondary N) is 2. The second kappa shape index (κ2) is 9.46. The lowest BCUT2D eigenvalue weighted by molar-refractivity contribution is -0.121. The molecule has 0 saturated carbocycles. The van der Waals surface area contributed by atoms with Gasteiger partial charge in [0.1, 0.15) is 5.03 Å². The molecule has 0 bridgehead atoms. The number of hydrogen-bond donors (Lipinski definition) is 2. The van der Waals surface area contributed by atoms with E-state index < -0.39 is 0 Å². The first-order valence-electron chi connectivity index (χ1n) is 7.76. The van der Waals surface area contributed by atoms with Gasteiger partial charge in [0.2, 0.25) is 11.8 Å². The number of nitrogens with zero attached hydrogens (tertiary/aromatic N) is 2. The normalized spacial score (nSPS) is 17.0. The highest BCUT2D eigenvalue weighted by Gasteiger charge is 2.15. The van der Waals surface area contributed by atoms with Crippen LogP contribution in [-0.4, -0.2) is 47.0 Å². The smallest absolute Gasteiger partial charge is 0.222 e. The van der Waals surface area contributed by atoms with Gasteiger partial charge in [0.05, 0.1) is 6.10 Å². The number of aromatic nitrogens is 2. The van der Waals surface area contributed by atoms with Gasteiger partial charge in [0.15, 0.2) is 5.82 Å². The number of carbonyl (C=O) groups excluding carboxylic acids is 2. The van der Waals surface area contributed by atoms with E-state index >= 15 is 0 Å². The van der Waals surface area contributed by atoms with Gasteiger partial charge in [-0.2, -0.15) is 0 Å². The first kappa shape index (κ1) is 17.7. The third-order valence-electron chi connectivity index (χ3n) is 3.29. The summed E-state index contributed by atoms with van der Waals surface area (Å²) in [5.74, 6) is 1.12. The van der Waals surface area contributed by atoms with Crippen molar-refractivity contribution >= 4 is 29.4 Å². The Balaban J connectivity index is 1.57. The van der Waals surface area contributed by atoms with Crippen molar-refractivity contribution in [3.8, 4) is 0 Å². The van der Waals surface area contributed by atoms with E-state index in [1.165, 1.54) is 6.92 Å². The number of thioether (sulfide) groups is 1. The van der Waals surface area contributed by atoms with Crippen LogP contribution in [0.15, 0.2) is 17.2 Å². The number of rotatable bonds is 8. The minimum Gasteiger partial charge on any atom is -0.376 e. The summed E-state index contributed by atoms with van der Waals surface area (Å²) in [7, 11) is 0. The maximum absolute atomic E-state index is 11.7. The number of amides is 2. The summed E-state index contributed by atoms with van der Waals surface area (Å²) in [5, 5.41) is 14.2. The molecule has 2 amide bonds. The first-order chi connectivity index (χ1) is 11.1. The number of hydrogen-bond acceptors (Lipinski definition) is 6. The van der Waals surface area contributed by atoms with E-state index in [0.717, 1.165) is 36.6 Å². The average molecular weight is 338 g/mol. The Labute approximate surface area is 140 Å². The predicted octanol–water partition coefficient (Wildman–Crippen LogP) is 1.60. The van der Waals surface area contributed by atoms with E-state index in [1.54, 1.807) is 23.9 Å². The maximum atomic E-state index is 11.7. The quantitative estimate of drug-likeness (QED) is 0.552. The highest BCUT2D eigenvalue weighted by molar-refractivity contribution is 7.99. The number of anilines is 1. The second-order valence-electron chi connectivity index (χ2n) is 5.33. The molecule has 1 saturated heterocycles. The van der Waals surface area contributed by atoms with Crippen LogP contribution in [0.2, 0.25) is 0 Å². The molecule has 1 aromatic heterocycles. The molecule has 126 valence electrons. The highest BCUT2D eigenvalue weighted by atomic mass is 32.2. The van der Waals surface area contributed by atoms with Crippen molar-refractivity contribution in [2.75, 3.05) is 24.2 Å². The van der Waals surface area contributed by atoms with E-state index in [4.69, 9.17) is 4.74 Å². The van der Waals surface area contributed by atoms with Crippen LogP contribution in [0, 0.1) is 0 Å². The van der Waals surface area contributed by atoms with Gasteiger partial charge in [-0.05, 0) is 31.4 Å². The van der Waals surface area contributed by atoms with Crippen LogP contribution in [0.3, 0.4) is 0 Å². The van der Waals surface area contributed by atoms with E-state index in [0.29, 0.717) is 18.8 Å². The lowest BCUT2D eigenvalue weighted by atomic mass is 10.2.